The Morgan fingerprint density at radius 3 is 2.41 bits per heavy atom. The van der Waals surface area contributed by atoms with Gasteiger partial charge in [-0.25, -0.2) is 0 Å². The second-order valence-corrected chi connectivity index (χ2v) is 5.66. The molecular formula is C20H16N2. The van der Waals surface area contributed by atoms with Crippen LogP contribution in [0.4, 0.5) is 0 Å². The first kappa shape index (κ1) is 13.0. The molecule has 0 atom stereocenters. The summed E-state index contributed by atoms with van der Waals surface area (Å²) in [5, 5.41) is 3.54. The van der Waals surface area contributed by atoms with E-state index in [1.807, 2.05) is 19.9 Å². The van der Waals surface area contributed by atoms with Crippen molar-refractivity contribution < 1.29 is 0 Å². The topological polar surface area (TPSA) is 25.8 Å². The Labute approximate surface area is 129 Å². The first-order valence-corrected chi connectivity index (χ1v) is 7.45. The number of fused-ring (bicyclic) bond motifs is 2. The number of para-hydroxylation sites is 1. The molecule has 2 aromatic carbocycles. The minimum absolute atomic E-state index is 1.01. The van der Waals surface area contributed by atoms with Crippen molar-refractivity contribution in [1.29, 1.82) is 0 Å². The van der Waals surface area contributed by atoms with Gasteiger partial charge >= 0.3 is 0 Å². The Morgan fingerprint density at radius 1 is 0.682 bits per heavy atom. The molecule has 0 unspecified atom stereocenters. The fourth-order valence-electron chi connectivity index (χ4n) is 2.97. The molecule has 4 aromatic rings. The summed E-state index contributed by atoms with van der Waals surface area (Å²) in [6, 6.07) is 21.0. The average molecular weight is 284 g/mol. The van der Waals surface area contributed by atoms with Crippen molar-refractivity contribution in [3.8, 4) is 11.3 Å². The maximum Gasteiger partial charge on any atom is 0.0805 e. The van der Waals surface area contributed by atoms with Gasteiger partial charge in [0.05, 0.1) is 11.2 Å². The van der Waals surface area contributed by atoms with Crippen molar-refractivity contribution in [2.75, 3.05) is 0 Å². The quantitative estimate of drug-likeness (QED) is 0.488. The van der Waals surface area contributed by atoms with Gasteiger partial charge < -0.3 is 0 Å². The number of hydrogen-bond acceptors (Lipinski definition) is 2. The van der Waals surface area contributed by atoms with E-state index >= 15 is 0 Å². The zero-order chi connectivity index (χ0) is 15.1. The number of rotatable bonds is 1. The van der Waals surface area contributed by atoms with Gasteiger partial charge in [0.1, 0.15) is 0 Å². The summed E-state index contributed by atoms with van der Waals surface area (Å²) in [7, 11) is 0. The molecule has 106 valence electrons. The fourth-order valence-corrected chi connectivity index (χ4v) is 2.97. The Kier molecular flexibility index (Phi) is 2.90. The molecule has 0 radical (unpaired) electrons. The van der Waals surface area contributed by atoms with E-state index in [-0.39, 0.29) is 0 Å². The molecule has 4 rings (SSSR count). The van der Waals surface area contributed by atoms with Crippen LogP contribution < -0.4 is 0 Å². The van der Waals surface area contributed by atoms with E-state index in [0.717, 1.165) is 33.5 Å². The summed E-state index contributed by atoms with van der Waals surface area (Å²) in [5.74, 6) is 0. The first-order chi connectivity index (χ1) is 10.7. The maximum absolute atomic E-state index is 4.81. The van der Waals surface area contributed by atoms with Gasteiger partial charge in [0, 0.05) is 27.7 Å². The molecular weight excluding hydrogens is 268 g/mol. The zero-order valence-corrected chi connectivity index (χ0v) is 12.7. The predicted octanol–water partition coefficient (Wildman–Crippen LogP) is 5.07. The van der Waals surface area contributed by atoms with Gasteiger partial charge in [-0.3, -0.25) is 9.97 Å². The van der Waals surface area contributed by atoms with Gasteiger partial charge in [0.2, 0.25) is 0 Å². The number of benzene rings is 2. The summed E-state index contributed by atoms with van der Waals surface area (Å²) in [6.45, 7) is 4.07. The predicted molar refractivity (Wildman–Crippen MR) is 92.0 cm³/mol. The minimum atomic E-state index is 1.01. The molecule has 0 fully saturated rings. The molecule has 2 aromatic heterocycles. The van der Waals surface area contributed by atoms with Crippen LogP contribution >= 0.6 is 0 Å². The molecule has 0 amide bonds. The van der Waals surface area contributed by atoms with Crippen molar-refractivity contribution in [1.82, 2.24) is 9.97 Å². The maximum atomic E-state index is 4.81. The van der Waals surface area contributed by atoms with Crippen LogP contribution in [0.5, 0.6) is 0 Å². The summed E-state index contributed by atoms with van der Waals surface area (Å²) in [4.78, 5) is 9.56. The van der Waals surface area contributed by atoms with E-state index in [4.69, 9.17) is 9.97 Å². The molecule has 0 saturated carbocycles. The Balaban J connectivity index is 2.14. The Morgan fingerprint density at radius 2 is 1.50 bits per heavy atom. The molecule has 2 heterocycles. The molecule has 0 bridgehead atoms. The van der Waals surface area contributed by atoms with Gasteiger partial charge in [-0.15, -0.1) is 0 Å². The van der Waals surface area contributed by atoms with Crippen LogP contribution in [-0.4, -0.2) is 9.97 Å². The van der Waals surface area contributed by atoms with Crippen molar-refractivity contribution in [2.45, 2.75) is 13.8 Å². The molecule has 0 aliphatic carbocycles. The van der Waals surface area contributed by atoms with Crippen molar-refractivity contribution in [3.63, 3.8) is 0 Å². The Bertz CT molecular complexity index is 1000. The van der Waals surface area contributed by atoms with Crippen LogP contribution in [0.1, 0.15) is 11.4 Å². The lowest BCUT2D eigenvalue weighted by molar-refractivity contribution is 1.22. The van der Waals surface area contributed by atoms with Gasteiger partial charge in [-0.2, -0.15) is 0 Å². The van der Waals surface area contributed by atoms with E-state index in [9.17, 15) is 0 Å². The lowest BCUT2D eigenvalue weighted by Crippen LogP contribution is -1.93. The smallest absolute Gasteiger partial charge is 0.0805 e. The molecule has 0 saturated heterocycles. The number of pyridine rings is 2. The SMILES string of the molecule is Cc1cc2ccccc2c(-c2cccc3ccc(C)nc23)n1. The number of aryl methyl sites for hydroxylation is 2. The van der Waals surface area contributed by atoms with E-state index in [2.05, 4.69) is 54.6 Å². The van der Waals surface area contributed by atoms with Crippen LogP contribution in [0, 0.1) is 13.8 Å². The zero-order valence-electron chi connectivity index (χ0n) is 12.7. The molecule has 0 N–H and O–H groups in total. The van der Waals surface area contributed by atoms with Gasteiger partial charge in [0.25, 0.3) is 0 Å². The van der Waals surface area contributed by atoms with Crippen LogP contribution in [0.25, 0.3) is 32.9 Å². The fraction of sp³-hybridized carbons (Fsp3) is 0.100. The molecule has 2 heteroatoms. The molecule has 0 aliphatic heterocycles. The van der Waals surface area contributed by atoms with Crippen LogP contribution in [0.15, 0.2) is 60.7 Å². The van der Waals surface area contributed by atoms with Crippen LogP contribution in [0.3, 0.4) is 0 Å². The largest absolute Gasteiger partial charge is 0.252 e. The van der Waals surface area contributed by atoms with E-state index < -0.39 is 0 Å². The highest BCUT2D eigenvalue weighted by molar-refractivity contribution is 6.02. The summed E-state index contributed by atoms with van der Waals surface area (Å²) < 4.78 is 0. The average Bonchev–Trinajstić information content (AvgIpc) is 2.53. The highest BCUT2D eigenvalue weighted by Crippen LogP contribution is 2.32. The molecule has 0 spiro atoms. The molecule has 2 nitrogen and oxygen atoms in total. The highest BCUT2D eigenvalue weighted by atomic mass is 14.7. The Hall–Kier alpha value is -2.74. The lowest BCUT2D eigenvalue weighted by Gasteiger charge is -2.10. The normalized spacial score (nSPS) is 11.2. The second kappa shape index (κ2) is 4.92. The van der Waals surface area contributed by atoms with Gasteiger partial charge in [0.15, 0.2) is 0 Å². The number of hydrogen-bond donors (Lipinski definition) is 0. The van der Waals surface area contributed by atoms with Crippen molar-refractivity contribution in [2.24, 2.45) is 0 Å². The van der Waals surface area contributed by atoms with E-state index in [1.165, 1.54) is 10.8 Å². The summed E-state index contributed by atoms with van der Waals surface area (Å²) in [6.07, 6.45) is 0. The monoisotopic (exact) mass is 284 g/mol. The minimum Gasteiger partial charge on any atom is -0.252 e. The third-order valence-corrected chi connectivity index (χ3v) is 3.98. The third-order valence-electron chi connectivity index (χ3n) is 3.98. The molecule has 0 aliphatic rings. The standard InChI is InChI=1S/C20H16N2/c1-13-10-11-15-7-5-9-18(19(15)21-13)20-17-8-4-3-6-16(17)12-14(2)22-20/h3-12H,1-2H3. The highest BCUT2D eigenvalue weighted by Gasteiger charge is 2.11. The lowest BCUT2D eigenvalue weighted by atomic mass is 10.0. The number of aromatic nitrogens is 2. The second-order valence-electron chi connectivity index (χ2n) is 5.66. The van der Waals surface area contributed by atoms with Crippen molar-refractivity contribution >= 4 is 21.7 Å². The van der Waals surface area contributed by atoms with Gasteiger partial charge in [-0.1, -0.05) is 48.5 Å². The van der Waals surface area contributed by atoms with Gasteiger partial charge in [-0.05, 0) is 31.4 Å². The van der Waals surface area contributed by atoms with Crippen LogP contribution in [0.2, 0.25) is 0 Å². The van der Waals surface area contributed by atoms with E-state index in [1.54, 1.807) is 0 Å². The third kappa shape index (κ3) is 2.04. The first-order valence-electron chi connectivity index (χ1n) is 7.45. The number of nitrogens with zero attached hydrogens (tertiary/aromatic N) is 2. The van der Waals surface area contributed by atoms with E-state index in [0.29, 0.717) is 0 Å². The van der Waals surface area contributed by atoms with Crippen molar-refractivity contribution in [3.05, 3.63) is 72.1 Å². The summed E-state index contributed by atoms with van der Waals surface area (Å²) in [5.41, 5.74) is 5.18. The van der Waals surface area contributed by atoms with Crippen LogP contribution in [-0.2, 0) is 0 Å². The molecule has 22 heavy (non-hydrogen) atoms. The summed E-state index contributed by atoms with van der Waals surface area (Å²) >= 11 is 0.